The van der Waals surface area contributed by atoms with Crippen molar-refractivity contribution in [3.8, 4) is 0 Å². The van der Waals surface area contributed by atoms with Gasteiger partial charge in [0.05, 0.1) is 14.5 Å². The number of thioether (sulfide) groups is 2. The van der Waals surface area contributed by atoms with Crippen molar-refractivity contribution in [3.63, 3.8) is 0 Å². The maximum absolute atomic E-state index is 4.71. The normalized spacial score (nSPS) is 24.0. The molecule has 100 valence electrons. The molecule has 3 nitrogen and oxygen atoms in total. The Hall–Kier alpha value is 0.310. The lowest BCUT2D eigenvalue weighted by molar-refractivity contribution is 0.745. The molecule has 0 saturated carbocycles. The van der Waals surface area contributed by atoms with Crippen LogP contribution >= 0.6 is 46.1 Å². The van der Waals surface area contributed by atoms with Gasteiger partial charge in [0.25, 0.3) is 0 Å². The van der Waals surface area contributed by atoms with E-state index in [9.17, 15) is 0 Å². The maximum atomic E-state index is 4.71. The van der Waals surface area contributed by atoms with E-state index < -0.39 is 0 Å². The molecule has 0 radical (unpaired) electrons. The maximum Gasteiger partial charge on any atom is 0.145 e. The van der Waals surface area contributed by atoms with E-state index in [-0.39, 0.29) is 0 Å². The molecule has 2 rings (SSSR count). The van der Waals surface area contributed by atoms with Crippen LogP contribution in [0.3, 0.4) is 0 Å². The average molecular weight is 395 g/mol. The zero-order valence-electron chi connectivity index (χ0n) is 10.9. The second kappa shape index (κ2) is 6.65. The summed E-state index contributed by atoms with van der Waals surface area (Å²) in [5.74, 6) is 4.42. The van der Waals surface area contributed by atoms with Gasteiger partial charge >= 0.3 is 0 Å². The molecule has 2 heterocycles. The quantitative estimate of drug-likeness (QED) is 0.790. The first-order valence-corrected chi connectivity index (χ1v) is 9.30. The lowest BCUT2D eigenvalue weighted by Crippen LogP contribution is -2.21. The minimum absolute atomic E-state index is 0.441. The van der Waals surface area contributed by atoms with Crippen LogP contribution in [0.25, 0.3) is 0 Å². The number of aryl methyl sites for hydroxylation is 1. The van der Waals surface area contributed by atoms with Gasteiger partial charge in [-0.15, -0.1) is 11.8 Å². The third-order valence-electron chi connectivity index (χ3n) is 2.98. The van der Waals surface area contributed by atoms with Crippen molar-refractivity contribution in [2.75, 3.05) is 23.9 Å². The highest BCUT2D eigenvalue weighted by Gasteiger charge is 2.29. The summed E-state index contributed by atoms with van der Waals surface area (Å²) in [5, 5.41) is 4.26. The number of nitrogens with one attached hydrogen (secondary N) is 1. The van der Waals surface area contributed by atoms with Crippen molar-refractivity contribution in [1.29, 1.82) is 0 Å². The van der Waals surface area contributed by atoms with E-state index in [4.69, 9.17) is 9.97 Å². The largest absolute Gasteiger partial charge is 0.372 e. The lowest BCUT2D eigenvalue weighted by atomic mass is 10.2. The fraction of sp³-hybridized carbons (Fsp3) is 0.667. The molecular formula is C12H18IN3S2. The number of aromatic nitrogens is 2. The zero-order valence-corrected chi connectivity index (χ0v) is 14.7. The summed E-state index contributed by atoms with van der Waals surface area (Å²) in [5.41, 5.74) is 1.08. The van der Waals surface area contributed by atoms with Gasteiger partial charge in [0.15, 0.2) is 0 Å². The van der Waals surface area contributed by atoms with E-state index in [1.165, 1.54) is 17.9 Å². The Morgan fingerprint density at radius 3 is 2.72 bits per heavy atom. The zero-order chi connectivity index (χ0) is 13.1. The molecular weight excluding hydrogens is 377 g/mol. The van der Waals surface area contributed by atoms with Gasteiger partial charge in [0.2, 0.25) is 0 Å². The summed E-state index contributed by atoms with van der Waals surface area (Å²) in [4.78, 5) is 9.42. The van der Waals surface area contributed by atoms with E-state index >= 15 is 0 Å². The van der Waals surface area contributed by atoms with Gasteiger partial charge in [-0.25, -0.2) is 9.97 Å². The molecule has 2 atom stereocenters. The van der Waals surface area contributed by atoms with Gasteiger partial charge in [-0.1, -0.05) is 6.92 Å². The number of hydrogen-bond donors (Lipinski definition) is 1. The van der Waals surface area contributed by atoms with Gasteiger partial charge < -0.3 is 5.32 Å². The van der Waals surface area contributed by atoms with Crippen LogP contribution in [-0.2, 0) is 0 Å². The van der Waals surface area contributed by atoms with Crippen LogP contribution in [0.4, 0.5) is 5.82 Å². The Kier molecular flexibility index (Phi) is 5.44. The molecule has 1 fully saturated rings. The van der Waals surface area contributed by atoms with Crippen molar-refractivity contribution in [1.82, 2.24) is 9.97 Å². The smallest absolute Gasteiger partial charge is 0.145 e. The number of rotatable bonds is 3. The van der Waals surface area contributed by atoms with E-state index in [1.54, 1.807) is 0 Å². The van der Waals surface area contributed by atoms with E-state index in [0.717, 1.165) is 20.9 Å². The first kappa shape index (κ1) is 14.7. The van der Waals surface area contributed by atoms with Crippen molar-refractivity contribution < 1.29 is 0 Å². The average Bonchev–Trinajstić information content (AvgIpc) is 2.41. The molecule has 1 aliphatic rings. The minimum Gasteiger partial charge on any atom is -0.372 e. The Morgan fingerprint density at radius 1 is 1.33 bits per heavy atom. The van der Waals surface area contributed by atoms with Gasteiger partial charge in [-0.3, -0.25) is 0 Å². The highest BCUT2D eigenvalue weighted by atomic mass is 127. The van der Waals surface area contributed by atoms with Gasteiger partial charge in [-0.2, -0.15) is 11.8 Å². The van der Waals surface area contributed by atoms with Crippen molar-refractivity contribution in [2.24, 2.45) is 0 Å². The monoisotopic (exact) mass is 395 g/mol. The molecule has 1 aromatic heterocycles. The van der Waals surface area contributed by atoms with E-state index in [2.05, 4.69) is 53.5 Å². The molecule has 1 aromatic rings. The first-order chi connectivity index (χ1) is 8.67. The van der Waals surface area contributed by atoms with Crippen molar-refractivity contribution in [3.05, 3.63) is 15.1 Å². The second-order valence-electron chi connectivity index (χ2n) is 4.19. The second-order valence-corrected chi connectivity index (χ2v) is 7.86. The van der Waals surface area contributed by atoms with Crippen LogP contribution < -0.4 is 5.32 Å². The molecule has 0 spiro atoms. The van der Waals surface area contributed by atoms with Crippen LogP contribution in [0.1, 0.15) is 30.1 Å². The Labute approximate surface area is 131 Å². The van der Waals surface area contributed by atoms with Crippen molar-refractivity contribution >= 4 is 51.9 Å². The number of hydrogen-bond acceptors (Lipinski definition) is 5. The lowest BCUT2D eigenvalue weighted by Gasteiger charge is -2.29. The predicted molar refractivity (Wildman–Crippen MR) is 90.8 cm³/mol. The fourth-order valence-corrected chi connectivity index (χ4v) is 5.52. The van der Waals surface area contributed by atoms with Crippen LogP contribution in [-0.4, -0.2) is 33.8 Å². The molecule has 2 unspecified atom stereocenters. The third kappa shape index (κ3) is 3.07. The molecule has 0 amide bonds. The fourth-order valence-electron chi connectivity index (χ4n) is 2.02. The number of halogens is 1. The molecule has 0 bridgehead atoms. The molecule has 18 heavy (non-hydrogen) atoms. The van der Waals surface area contributed by atoms with Crippen LogP contribution in [0, 0.1) is 10.5 Å². The van der Waals surface area contributed by atoms with E-state index in [0.29, 0.717) is 10.5 Å². The summed E-state index contributed by atoms with van der Waals surface area (Å²) in [6.07, 6.45) is 1.19. The van der Waals surface area contributed by atoms with Crippen molar-refractivity contribution in [2.45, 2.75) is 30.8 Å². The molecule has 0 aliphatic carbocycles. The Bertz CT molecular complexity index is 428. The highest BCUT2D eigenvalue weighted by Crippen LogP contribution is 2.43. The number of nitrogens with zero attached hydrogens (tertiary/aromatic N) is 2. The van der Waals surface area contributed by atoms with Gasteiger partial charge in [-0.05, 0) is 35.9 Å². The van der Waals surface area contributed by atoms with Crippen LogP contribution in [0.5, 0.6) is 0 Å². The first-order valence-electron chi connectivity index (χ1n) is 6.12. The summed E-state index contributed by atoms with van der Waals surface area (Å²) < 4.78 is 1.13. The molecule has 1 N–H and O–H groups in total. The number of anilines is 1. The minimum atomic E-state index is 0.441. The molecule has 1 saturated heterocycles. The predicted octanol–water partition coefficient (Wildman–Crippen LogP) is 3.73. The van der Waals surface area contributed by atoms with E-state index in [1.807, 2.05) is 18.8 Å². The Balaban J connectivity index is 2.34. The highest BCUT2D eigenvalue weighted by molar-refractivity contribution is 14.1. The topological polar surface area (TPSA) is 37.8 Å². The SMILES string of the molecule is CCC1SCCSC1c1nc(C)c(I)c(NC)n1. The third-order valence-corrected chi connectivity index (χ3v) is 7.51. The standard InChI is InChI=1S/C12H18IN3S2/c1-4-8-10(18-6-5-17-8)12-15-7(2)9(13)11(14-3)16-12/h8,10H,4-6H2,1-3H3,(H,14,15,16). The Morgan fingerprint density at radius 2 is 2.06 bits per heavy atom. The molecule has 1 aliphatic heterocycles. The summed E-state index contributed by atoms with van der Waals surface area (Å²) in [7, 11) is 1.92. The van der Waals surface area contributed by atoms with Gasteiger partial charge in [0, 0.05) is 23.8 Å². The molecule has 6 heteroatoms. The summed E-state index contributed by atoms with van der Waals surface area (Å²) in [6, 6.07) is 0. The summed E-state index contributed by atoms with van der Waals surface area (Å²) in [6.45, 7) is 4.32. The molecule has 0 aromatic carbocycles. The van der Waals surface area contributed by atoms with Crippen LogP contribution in [0.15, 0.2) is 0 Å². The van der Waals surface area contributed by atoms with Gasteiger partial charge in [0.1, 0.15) is 11.6 Å². The van der Waals surface area contributed by atoms with Crippen LogP contribution in [0.2, 0.25) is 0 Å². The summed E-state index contributed by atoms with van der Waals surface area (Å²) >= 11 is 6.38.